The second-order valence-corrected chi connectivity index (χ2v) is 3.66. The number of aliphatic hydroxyl groups excluding tert-OH is 1. The second kappa shape index (κ2) is 4.37. The Kier molecular flexibility index (Phi) is 2.92. The molecule has 0 radical (unpaired) electrons. The SMILES string of the molecule is COc1ccc(C(O)c2cn[nH]c2)cc1C. The van der Waals surface area contributed by atoms with E-state index in [2.05, 4.69) is 10.2 Å². The molecule has 84 valence electrons. The molecular formula is C12H14N2O2. The highest BCUT2D eigenvalue weighted by molar-refractivity contribution is 5.39. The van der Waals surface area contributed by atoms with Crippen LogP contribution in [0.1, 0.15) is 22.8 Å². The summed E-state index contributed by atoms with van der Waals surface area (Å²) in [5.41, 5.74) is 2.59. The van der Waals surface area contributed by atoms with Crippen molar-refractivity contribution in [1.82, 2.24) is 10.2 Å². The number of hydrogen-bond donors (Lipinski definition) is 2. The number of methoxy groups -OCH3 is 1. The van der Waals surface area contributed by atoms with Gasteiger partial charge in [0.25, 0.3) is 0 Å². The molecule has 0 aliphatic carbocycles. The van der Waals surface area contributed by atoms with Gasteiger partial charge < -0.3 is 9.84 Å². The maximum Gasteiger partial charge on any atom is 0.121 e. The first-order valence-electron chi connectivity index (χ1n) is 5.03. The van der Waals surface area contributed by atoms with Gasteiger partial charge in [-0.15, -0.1) is 0 Å². The van der Waals surface area contributed by atoms with Crippen molar-refractivity contribution in [3.63, 3.8) is 0 Å². The number of rotatable bonds is 3. The molecule has 1 aromatic heterocycles. The first kappa shape index (κ1) is 10.7. The van der Waals surface area contributed by atoms with Crippen molar-refractivity contribution < 1.29 is 9.84 Å². The van der Waals surface area contributed by atoms with E-state index in [0.717, 1.165) is 22.4 Å². The Hall–Kier alpha value is -1.81. The van der Waals surface area contributed by atoms with Crippen LogP contribution in [0.3, 0.4) is 0 Å². The molecule has 1 unspecified atom stereocenters. The van der Waals surface area contributed by atoms with Crippen molar-refractivity contribution >= 4 is 0 Å². The van der Waals surface area contributed by atoms with Crippen molar-refractivity contribution in [2.45, 2.75) is 13.0 Å². The molecule has 0 saturated carbocycles. The van der Waals surface area contributed by atoms with Crippen molar-refractivity contribution in [1.29, 1.82) is 0 Å². The lowest BCUT2D eigenvalue weighted by atomic mass is 10.0. The number of H-pyrrole nitrogens is 1. The molecule has 0 spiro atoms. The number of aromatic amines is 1. The number of hydrogen-bond acceptors (Lipinski definition) is 3. The maximum atomic E-state index is 10.1. The Morgan fingerprint density at radius 1 is 1.38 bits per heavy atom. The van der Waals surface area contributed by atoms with Crippen molar-refractivity contribution in [2.75, 3.05) is 7.11 Å². The summed E-state index contributed by atoms with van der Waals surface area (Å²) in [5, 5.41) is 16.6. The Morgan fingerprint density at radius 3 is 2.75 bits per heavy atom. The lowest BCUT2D eigenvalue weighted by Gasteiger charge is -2.11. The zero-order chi connectivity index (χ0) is 11.5. The van der Waals surface area contributed by atoms with E-state index in [1.165, 1.54) is 0 Å². The fourth-order valence-corrected chi connectivity index (χ4v) is 1.67. The van der Waals surface area contributed by atoms with Crippen LogP contribution in [0.2, 0.25) is 0 Å². The van der Waals surface area contributed by atoms with Gasteiger partial charge in [0.05, 0.1) is 13.3 Å². The molecule has 4 heteroatoms. The van der Waals surface area contributed by atoms with Gasteiger partial charge in [-0.2, -0.15) is 5.10 Å². The summed E-state index contributed by atoms with van der Waals surface area (Å²) in [6, 6.07) is 5.62. The van der Waals surface area contributed by atoms with E-state index in [9.17, 15) is 5.11 Å². The van der Waals surface area contributed by atoms with Crippen LogP contribution >= 0.6 is 0 Å². The second-order valence-electron chi connectivity index (χ2n) is 3.66. The van der Waals surface area contributed by atoms with Crippen LogP contribution in [-0.2, 0) is 0 Å². The van der Waals surface area contributed by atoms with E-state index in [1.54, 1.807) is 19.5 Å². The predicted molar refractivity (Wildman–Crippen MR) is 60.4 cm³/mol. The summed E-state index contributed by atoms with van der Waals surface area (Å²) in [6.07, 6.45) is 2.65. The molecule has 4 nitrogen and oxygen atoms in total. The number of nitrogens with one attached hydrogen (secondary N) is 1. The van der Waals surface area contributed by atoms with Gasteiger partial charge in [0, 0.05) is 11.8 Å². The first-order valence-corrected chi connectivity index (χ1v) is 5.03. The Balaban J connectivity index is 2.31. The van der Waals surface area contributed by atoms with Crippen LogP contribution in [0.25, 0.3) is 0 Å². The smallest absolute Gasteiger partial charge is 0.121 e. The van der Waals surface area contributed by atoms with Crippen LogP contribution in [0.5, 0.6) is 5.75 Å². The van der Waals surface area contributed by atoms with E-state index in [4.69, 9.17) is 4.74 Å². The minimum absolute atomic E-state index is 0.650. The predicted octanol–water partition coefficient (Wildman–Crippen LogP) is 1.81. The molecule has 16 heavy (non-hydrogen) atoms. The van der Waals surface area contributed by atoms with Crippen molar-refractivity contribution in [3.05, 3.63) is 47.3 Å². The number of benzene rings is 1. The van der Waals surface area contributed by atoms with Crippen LogP contribution in [0.4, 0.5) is 0 Å². The lowest BCUT2D eigenvalue weighted by Crippen LogP contribution is -1.99. The Bertz CT molecular complexity index is 466. The summed E-state index contributed by atoms with van der Waals surface area (Å²) in [4.78, 5) is 0. The molecule has 2 aromatic rings. The fourth-order valence-electron chi connectivity index (χ4n) is 1.67. The molecule has 2 rings (SSSR count). The normalized spacial score (nSPS) is 12.4. The van der Waals surface area contributed by atoms with Gasteiger partial charge in [-0.1, -0.05) is 6.07 Å². The largest absolute Gasteiger partial charge is 0.496 e. The molecule has 1 aromatic carbocycles. The molecule has 0 bridgehead atoms. The maximum absolute atomic E-state index is 10.1. The number of aryl methyl sites for hydroxylation is 1. The highest BCUT2D eigenvalue weighted by atomic mass is 16.5. The van der Waals surface area contributed by atoms with Crippen molar-refractivity contribution in [3.8, 4) is 5.75 Å². The van der Waals surface area contributed by atoms with E-state index in [-0.39, 0.29) is 0 Å². The summed E-state index contributed by atoms with van der Waals surface area (Å²) in [7, 11) is 1.63. The molecule has 0 aliphatic heterocycles. The number of nitrogens with zero attached hydrogens (tertiary/aromatic N) is 1. The zero-order valence-electron chi connectivity index (χ0n) is 9.27. The van der Waals surface area contributed by atoms with E-state index in [1.807, 2.05) is 25.1 Å². The van der Waals surface area contributed by atoms with E-state index < -0.39 is 6.10 Å². The molecule has 0 saturated heterocycles. The van der Waals surface area contributed by atoms with Gasteiger partial charge in [0.2, 0.25) is 0 Å². The number of ether oxygens (including phenoxy) is 1. The summed E-state index contributed by atoms with van der Waals surface area (Å²) < 4.78 is 5.17. The molecular weight excluding hydrogens is 204 g/mol. The third-order valence-corrected chi connectivity index (χ3v) is 2.57. The van der Waals surface area contributed by atoms with E-state index in [0.29, 0.717) is 0 Å². The summed E-state index contributed by atoms with van der Waals surface area (Å²) in [6.45, 7) is 1.95. The topological polar surface area (TPSA) is 58.1 Å². The average molecular weight is 218 g/mol. The van der Waals surface area contributed by atoms with Crippen molar-refractivity contribution in [2.24, 2.45) is 0 Å². The fraction of sp³-hybridized carbons (Fsp3) is 0.250. The van der Waals surface area contributed by atoms with Gasteiger partial charge in [-0.05, 0) is 30.2 Å². The van der Waals surface area contributed by atoms with Gasteiger partial charge >= 0.3 is 0 Å². The Morgan fingerprint density at radius 2 is 2.19 bits per heavy atom. The van der Waals surface area contributed by atoms with Gasteiger partial charge in [0.1, 0.15) is 11.9 Å². The Labute approximate surface area is 93.9 Å². The minimum atomic E-state index is -0.650. The van der Waals surface area contributed by atoms with Gasteiger partial charge in [-0.3, -0.25) is 5.10 Å². The quantitative estimate of drug-likeness (QED) is 0.826. The highest BCUT2D eigenvalue weighted by Crippen LogP contribution is 2.25. The lowest BCUT2D eigenvalue weighted by molar-refractivity contribution is 0.220. The van der Waals surface area contributed by atoms with Crippen LogP contribution in [0.15, 0.2) is 30.6 Å². The van der Waals surface area contributed by atoms with E-state index >= 15 is 0 Å². The zero-order valence-corrected chi connectivity index (χ0v) is 9.27. The third kappa shape index (κ3) is 1.92. The monoisotopic (exact) mass is 218 g/mol. The number of aromatic nitrogens is 2. The standard InChI is InChI=1S/C12H14N2O2/c1-8-5-9(3-4-11(8)16-2)12(15)10-6-13-14-7-10/h3-7,12,15H,1-2H3,(H,13,14). The van der Waals surface area contributed by atoms with Crippen LogP contribution in [-0.4, -0.2) is 22.4 Å². The minimum Gasteiger partial charge on any atom is -0.496 e. The molecule has 0 fully saturated rings. The third-order valence-electron chi connectivity index (χ3n) is 2.57. The van der Waals surface area contributed by atoms with Gasteiger partial charge in [-0.25, -0.2) is 0 Å². The summed E-state index contributed by atoms with van der Waals surface area (Å²) in [5.74, 6) is 0.822. The van der Waals surface area contributed by atoms with Crippen LogP contribution < -0.4 is 4.74 Å². The van der Waals surface area contributed by atoms with Crippen LogP contribution in [0, 0.1) is 6.92 Å². The number of aliphatic hydroxyl groups is 1. The summed E-state index contributed by atoms with van der Waals surface area (Å²) >= 11 is 0. The van der Waals surface area contributed by atoms with Gasteiger partial charge in [0.15, 0.2) is 0 Å². The molecule has 2 N–H and O–H groups in total. The molecule has 1 atom stereocenters. The molecule has 0 amide bonds. The molecule has 0 aliphatic rings. The molecule has 1 heterocycles. The first-order chi connectivity index (χ1) is 7.72. The average Bonchev–Trinajstić information content (AvgIpc) is 2.81. The highest BCUT2D eigenvalue weighted by Gasteiger charge is 2.12.